The first kappa shape index (κ1) is 13.0. The molecule has 0 aliphatic carbocycles. The third-order valence-electron chi connectivity index (χ3n) is 2.52. The summed E-state index contributed by atoms with van der Waals surface area (Å²) in [4.78, 5) is 11.8. The predicted molar refractivity (Wildman–Crippen MR) is 66.8 cm³/mol. The molecular formula is C13H17ClO2. The van der Waals surface area contributed by atoms with Crippen LogP contribution in [0.4, 0.5) is 0 Å². The lowest BCUT2D eigenvalue weighted by atomic mass is 10.0. The van der Waals surface area contributed by atoms with E-state index in [-0.39, 0.29) is 5.78 Å². The molecule has 0 radical (unpaired) electrons. The van der Waals surface area contributed by atoms with E-state index >= 15 is 0 Å². The van der Waals surface area contributed by atoms with Gasteiger partial charge in [-0.1, -0.05) is 0 Å². The minimum absolute atomic E-state index is 0.0431. The SMILES string of the molecule is CCOc1cc(C)c(C)cc1C(=O)CCCl. The van der Waals surface area contributed by atoms with E-state index in [0.29, 0.717) is 30.2 Å². The zero-order valence-electron chi connectivity index (χ0n) is 9.97. The van der Waals surface area contributed by atoms with Gasteiger partial charge in [-0.05, 0) is 44.0 Å². The van der Waals surface area contributed by atoms with Crippen molar-refractivity contribution in [1.29, 1.82) is 0 Å². The van der Waals surface area contributed by atoms with Crippen molar-refractivity contribution in [2.75, 3.05) is 12.5 Å². The van der Waals surface area contributed by atoms with E-state index in [1.807, 2.05) is 32.9 Å². The van der Waals surface area contributed by atoms with Crippen molar-refractivity contribution in [2.24, 2.45) is 0 Å². The fraction of sp³-hybridized carbons (Fsp3) is 0.462. The number of hydrogen-bond donors (Lipinski definition) is 0. The Morgan fingerprint density at radius 3 is 2.50 bits per heavy atom. The number of rotatable bonds is 5. The van der Waals surface area contributed by atoms with E-state index in [4.69, 9.17) is 16.3 Å². The largest absolute Gasteiger partial charge is 0.493 e. The first-order chi connectivity index (χ1) is 7.60. The fourth-order valence-corrected chi connectivity index (χ4v) is 1.67. The molecule has 0 atom stereocenters. The number of carbonyl (C=O) groups is 1. The smallest absolute Gasteiger partial charge is 0.167 e. The molecule has 0 heterocycles. The van der Waals surface area contributed by atoms with Crippen molar-refractivity contribution in [3.8, 4) is 5.75 Å². The summed E-state index contributed by atoms with van der Waals surface area (Å²) in [5.74, 6) is 1.05. The van der Waals surface area contributed by atoms with Gasteiger partial charge in [0.2, 0.25) is 0 Å². The van der Waals surface area contributed by atoms with Gasteiger partial charge in [-0.3, -0.25) is 4.79 Å². The van der Waals surface area contributed by atoms with Crippen LogP contribution in [0.5, 0.6) is 5.75 Å². The van der Waals surface area contributed by atoms with Crippen LogP contribution in [0.15, 0.2) is 12.1 Å². The Hall–Kier alpha value is -1.02. The Balaban J connectivity index is 3.13. The summed E-state index contributed by atoms with van der Waals surface area (Å²) < 4.78 is 5.48. The molecule has 0 saturated heterocycles. The van der Waals surface area contributed by atoms with Crippen LogP contribution >= 0.6 is 11.6 Å². The van der Waals surface area contributed by atoms with E-state index in [2.05, 4.69) is 0 Å². The van der Waals surface area contributed by atoms with Gasteiger partial charge in [0.15, 0.2) is 5.78 Å². The number of halogens is 1. The lowest BCUT2D eigenvalue weighted by Gasteiger charge is -2.12. The van der Waals surface area contributed by atoms with Crippen LogP contribution in [-0.4, -0.2) is 18.3 Å². The molecule has 0 aromatic heterocycles. The van der Waals surface area contributed by atoms with Gasteiger partial charge in [0.1, 0.15) is 5.75 Å². The van der Waals surface area contributed by atoms with Crippen molar-refractivity contribution < 1.29 is 9.53 Å². The number of aryl methyl sites for hydroxylation is 2. The van der Waals surface area contributed by atoms with E-state index in [1.165, 1.54) is 0 Å². The second kappa shape index (κ2) is 5.90. The summed E-state index contributed by atoms with van der Waals surface area (Å²) in [5.41, 5.74) is 2.87. The molecule has 1 aromatic rings. The van der Waals surface area contributed by atoms with Crippen molar-refractivity contribution >= 4 is 17.4 Å². The van der Waals surface area contributed by atoms with E-state index in [9.17, 15) is 4.79 Å². The summed E-state index contributed by atoms with van der Waals surface area (Å²) in [5, 5.41) is 0. The average Bonchev–Trinajstić information content (AvgIpc) is 2.23. The maximum Gasteiger partial charge on any atom is 0.167 e. The summed E-state index contributed by atoms with van der Waals surface area (Å²) in [7, 11) is 0. The lowest BCUT2D eigenvalue weighted by Crippen LogP contribution is -2.06. The monoisotopic (exact) mass is 240 g/mol. The maximum absolute atomic E-state index is 11.8. The molecule has 0 saturated carbocycles. The van der Waals surface area contributed by atoms with Gasteiger partial charge in [-0.25, -0.2) is 0 Å². The van der Waals surface area contributed by atoms with Crippen LogP contribution in [0.25, 0.3) is 0 Å². The molecule has 0 fully saturated rings. The van der Waals surface area contributed by atoms with E-state index < -0.39 is 0 Å². The minimum Gasteiger partial charge on any atom is -0.493 e. The van der Waals surface area contributed by atoms with Crippen LogP contribution in [0, 0.1) is 13.8 Å². The Kier molecular flexibility index (Phi) is 4.81. The molecule has 0 aliphatic heterocycles. The molecule has 3 heteroatoms. The molecule has 16 heavy (non-hydrogen) atoms. The van der Waals surface area contributed by atoms with Crippen LogP contribution < -0.4 is 4.74 Å². The van der Waals surface area contributed by atoms with E-state index in [0.717, 1.165) is 11.1 Å². The number of Topliss-reactive ketones (excluding diaryl/α,β-unsaturated/α-hetero) is 1. The van der Waals surface area contributed by atoms with Crippen molar-refractivity contribution in [2.45, 2.75) is 27.2 Å². The zero-order chi connectivity index (χ0) is 12.1. The molecule has 1 rings (SSSR count). The summed E-state index contributed by atoms with van der Waals surface area (Å²) in [6.07, 6.45) is 0.351. The Morgan fingerprint density at radius 2 is 1.94 bits per heavy atom. The van der Waals surface area contributed by atoms with Gasteiger partial charge in [-0.15, -0.1) is 11.6 Å². The quantitative estimate of drug-likeness (QED) is 0.582. The van der Waals surface area contributed by atoms with Gasteiger partial charge in [0.25, 0.3) is 0 Å². The van der Waals surface area contributed by atoms with E-state index in [1.54, 1.807) is 0 Å². The predicted octanol–water partition coefficient (Wildman–Crippen LogP) is 3.51. The van der Waals surface area contributed by atoms with Crippen LogP contribution in [0.2, 0.25) is 0 Å². The Labute approximate surface area is 102 Å². The second-order valence-electron chi connectivity index (χ2n) is 3.73. The van der Waals surface area contributed by atoms with Gasteiger partial charge in [0.05, 0.1) is 12.2 Å². The molecule has 0 unspecified atom stereocenters. The standard InChI is InChI=1S/C13H17ClO2/c1-4-16-13-8-10(3)9(2)7-11(13)12(15)5-6-14/h7-8H,4-6H2,1-3H3. The number of alkyl halides is 1. The van der Waals surface area contributed by atoms with Crippen LogP contribution in [0.1, 0.15) is 34.8 Å². The first-order valence-corrected chi connectivity index (χ1v) is 5.96. The first-order valence-electron chi connectivity index (χ1n) is 5.43. The molecular weight excluding hydrogens is 224 g/mol. The number of ketones is 1. The molecule has 0 spiro atoms. The third-order valence-corrected chi connectivity index (χ3v) is 2.71. The molecule has 0 N–H and O–H groups in total. The summed E-state index contributed by atoms with van der Waals surface area (Å²) in [6.45, 7) is 6.46. The second-order valence-corrected chi connectivity index (χ2v) is 4.11. The molecule has 1 aromatic carbocycles. The summed E-state index contributed by atoms with van der Waals surface area (Å²) >= 11 is 5.59. The summed E-state index contributed by atoms with van der Waals surface area (Å²) in [6, 6.07) is 3.80. The number of hydrogen-bond acceptors (Lipinski definition) is 2. The third kappa shape index (κ3) is 2.99. The highest BCUT2D eigenvalue weighted by atomic mass is 35.5. The lowest BCUT2D eigenvalue weighted by molar-refractivity contribution is 0.0985. The molecule has 0 aliphatic rings. The molecule has 88 valence electrons. The minimum atomic E-state index is 0.0431. The zero-order valence-corrected chi connectivity index (χ0v) is 10.7. The normalized spacial score (nSPS) is 10.2. The van der Waals surface area contributed by atoms with Gasteiger partial charge < -0.3 is 4.74 Å². The molecule has 2 nitrogen and oxygen atoms in total. The van der Waals surface area contributed by atoms with Crippen molar-refractivity contribution in [3.05, 3.63) is 28.8 Å². The highest BCUT2D eigenvalue weighted by molar-refractivity contribution is 6.19. The van der Waals surface area contributed by atoms with Crippen LogP contribution in [-0.2, 0) is 0 Å². The number of benzene rings is 1. The number of ether oxygens (including phenoxy) is 1. The Bertz CT molecular complexity index is 386. The fourth-order valence-electron chi connectivity index (χ4n) is 1.50. The van der Waals surface area contributed by atoms with Gasteiger partial charge >= 0.3 is 0 Å². The molecule has 0 amide bonds. The van der Waals surface area contributed by atoms with Gasteiger partial charge in [0, 0.05) is 12.3 Å². The topological polar surface area (TPSA) is 26.3 Å². The maximum atomic E-state index is 11.8. The molecule has 0 bridgehead atoms. The number of carbonyl (C=O) groups excluding carboxylic acids is 1. The Morgan fingerprint density at radius 1 is 1.31 bits per heavy atom. The highest BCUT2D eigenvalue weighted by Gasteiger charge is 2.13. The van der Waals surface area contributed by atoms with Crippen LogP contribution in [0.3, 0.4) is 0 Å². The average molecular weight is 241 g/mol. The van der Waals surface area contributed by atoms with Crippen molar-refractivity contribution in [3.63, 3.8) is 0 Å². The van der Waals surface area contributed by atoms with Crippen molar-refractivity contribution in [1.82, 2.24) is 0 Å². The highest BCUT2D eigenvalue weighted by Crippen LogP contribution is 2.24. The van der Waals surface area contributed by atoms with Gasteiger partial charge in [-0.2, -0.15) is 0 Å².